The van der Waals surface area contributed by atoms with E-state index in [4.69, 9.17) is 5.11 Å². The van der Waals surface area contributed by atoms with E-state index in [0.717, 1.165) is 25.7 Å². The zero-order valence-corrected chi connectivity index (χ0v) is 11.4. The summed E-state index contributed by atoms with van der Waals surface area (Å²) in [5.41, 5.74) is 2.53. The molecule has 1 aromatic carbocycles. The van der Waals surface area contributed by atoms with E-state index in [-0.39, 0.29) is 24.3 Å². The molecule has 20 heavy (non-hydrogen) atoms. The molecule has 1 amide bonds. The lowest BCUT2D eigenvalue weighted by atomic mass is 10.0. The highest BCUT2D eigenvalue weighted by Crippen LogP contribution is 2.30. The fourth-order valence-corrected chi connectivity index (χ4v) is 3.51. The molecule has 0 aromatic heterocycles. The Morgan fingerprint density at radius 2 is 1.85 bits per heavy atom. The number of carbonyl (C=O) groups is 2. The Labute approximate surface area is 118 Å². The van der Waals surface area contributed by atoms with E-state index in [2.05, 4.69) is 12.1 Å². The van der Waals surface area contributed by atoms with Crippen LogP contribution in [0.15, 0.2) is 24.3 Å². The van der Waals surface area contributed by atoms with Gasteiger partial charge in [-0.2, -0.15) is 0 Å². The van der Waals surface area contributed by atoms with E-state index in [1.165, 1.54) is 11.1 Å². The van der Waals surface area contributed by atoms with Gasteiger partial charge in [-0.1, -0.05) is 24.3 Å². The molecule has 0 bridgehead atoms. The first-order chi connectivity index (χ1) is 9.65. The number of carbonyl (C=O) groups excluding carboxylic acids is 1. The van der Waals surface area contributed by atoms with Crippen LogP contribution in [-0.4, -0.2) is 34.5 Å². The molecule has 4 heteroatoms. The molecule has 106 valence electrons. The summed E-state index contributed by atoms with van der Waals surface area (Å²) in [7, 11) is 0. The number of benzene rings is 1. The highest BCUT2D eigenvalue weighted by atomic mass is 16.4. The fraction of sp³-hybridized carbons (Fsp3) is 0.500. The lowest BCUT2D eigenvalue weighted by molar-refractivity contribution is -0.141. The van der Waals surface area contributed by atoms with Gasteiger partial charge in [0.05, 0.1) is 6.42 Å². The maximum atomic E-state index is 12.6. The van der Waals surface area contributed by atoms with Crippen LogP contribution in [0.5, 0.6) is 0 Å². The van der Waals surface area contributed by atoms with Crippen molar-refractivity contribution in [3.63, 3.8) is 0 Å². The van der Waals surface area contributed by atoms with Crippen LogP contribution in [0.1, 0.15) is 30.4 Å². The van der Waals surface area contributed by atoms with E-state index in [1.807, 2.05) is 17.0 Å². The van der Waals surface area contributed by atoms with Crippen molar-refractivity contribution in [2.24, 2.45) is 5.92 Å². The second-order valence-corrected chi connectivity index (χ2v) is 5.80. The van der Waals surface area contributed by atoms with E-state index in [0.29, 0.717) is 6.54 Å². The molecule has 1 atom stereocenters. The van der Waals surface area contributed by atoms with Crippen LogP contribution in [0.3, 0.4) is 0 Å². The summed E-state index contributed by atoms with van der Waals surface area (Å²) < 4.78 is 0. The summed E-state index contributed by atoms with van der Waals surface area (Å²) in [4.78, 5) is 25.3. The van der Waals surface area contributed by atoms with Crippen molar-refractivity contribution >= 4 is 11.9 Å². The summed E-state index contributed by atoms with van der Waals surface area (Å²) in [6.07, 6.45) is 3.41. The SMILES string of the molecule is O=C(O)CC1CCCN1C(=O)C1Cc2ccccc2C1. The van der Waals surface area contributed by atoms with Gasteiger partial charge in [0.25, 0.3) is 0 Å². The number of fused-ring (bicyclic) bond motifs is 1. The number of hydrogen-bond donors (Lipinski definition) is 1. The van der Waals surface area contributed by atoms with Crippen LogP contribution in [0, 0.1) is 5.92 Å². The summed E-state index contributed by atoms with van der Waals surface area (Å²) >= 11 is 0. The molecule has 1 N–H and O–H groups in total. The average molecular weight is 273 g/mol. The van der Waals surface area contributed by atoms with Gasteiger partial charge in [0.15, 0.2) is 0 Å². The monoisotopic (exact) mass is 273 g/mol. The van der Waals surface area contributed by atoms with Gasteiger partial charge in [0.2, 0.25) is 5.91 Å². The maximum Gasteiger partial charge on any atom is 0.305 e. The normalized spacial score (nSPS) is 22.0. The number of aliphatic carboxylic acids is 1. The molecule has 1 aromatic rings. The van der Waals surface area contributed by atoms with E-state index in [9.17, 15) is 9.59 Å². The van der Waals surface area contributed by atoms with Crippen molar-refractivity contribution in [2.45, 2.75) is 38.1 Å². The number of rotatable bonds is 3. The third kappa shape index (κ3) is 2.42. The maximum absolute atomic E-state index is 12.6. The second-order valence-electron chi connectivity index (χ2n) is 5.80. The van der Waals surface area contributed by atoms with Crippen LogP contribution >= 0.6 is 0 Å². The minimum Gasteiger partial charge on any atom is -0.481 e. The van der Waals surface area contributed by atoms with Crippen LogP contribution in [-0.2, 0) is 22.4 Å². The molecular weight excluding hydrogens is 254 g/mol. The van der Waals surface area contributed by atoms with Crippen LogP contribution in [0.2, 0.25) is 0 Å². The van der Waals surface area contributed by atoms with Gasteiger partial charge >= 0.3 is 5.97 Å². The number of carboxylic acid groups (broad SMARTS) is 1. The largest absolute Gasteiger partial charge is 0.481 e. The summed E-state index contributed by atoms with van der Waals surface area (Å²) in [6.45, 7) is 0.712. The van der Waals surface area contributed by atoms with Gasteiger partial charge in [-0.15, -0.1) is 0 Å². The molecule has 1 saturated heterocycles. The summed E-state index contributed by atoms with van der Waals surface area (Å²) in [6, 6.07) is 8.08. The predicted molar refractivity (Wildman–Crippen MR) is 74.3 cm³/mol. The van der Waals surface area contributed by atoms with Crippen LogP contribution < -0.4 is 0 Å². The topological polar surface area (TPSA) is 57.6 Å². The molecule has 4 nitrogen and oxygen atoms in total. The molecule has 0 radical (unpaired) electrons. The van der Waals surface area contributed by atoms with Crippen LogP contribution in [0.25, 0.3) is 0 Å². The molecule has 3 rings (SSSR count). The number of hydrogen-bond acceptors (Lipinski definition) is 2. The van der Waals surface area contributed by atoms with Crippen molar-refractivity contribution in [1.29, 1.82) is 0 Å². The van der Waals surface area contributed by atoms with Gasteiger partial charge < -0.3 is 10.0 Å². The third-order valence-corrected chi connectivity index (χ3v) is 4.47. The van der Waals surface area contributed by atoms with Gasteiger partial charge in [-0.3, -0.25) is 9.59 Å². The molecule has 1 aliphatic heterocycles. The van der Waals surface area contributed by atoms with E-state index < -0.39 is 5.97 Å². The average Bonchev–Trinajstić information content (AvgIpc) is 3.03. The molecule has 2 aliphatic rings. The highest BCUT2D eigenvalue weighted by Gasteiger charge is 2.36. The molecule has 1 fully saturated rings. The van der Waals surface area contributed by atoms with Crippen LogP contribution in [0.4, 0.5) is 0 Å². The minimum absolute atomic E-state index is 0.00166. The van der Waals surface area contributed by atoms with Crippen molar-refractivity contribution in [2.75, 3.05) is 6.54 Å². The smallest absolute Gasteiger partial charge is 0.305 e. The van der Waals surface area contributed by atoms with Gasteiger partial charge in [0.1, 0.15) is 0 Å². The Hall–Kier alpha value is -1.84. The Balaban J connectivity index is 1.69. The van der Waals surface area contributed by atoms with E-state index >= 15 is 0 Å². The van der Waals surface area contributed by atoms with Crippen molar-refractivity contribution in [3.05, 3.63) is 35.4 Å². The fourth-order valence-electron chi connectivity index (χ4n) is 3.51. The second kappa shape index (κ2) is 5.27. The molecule has 0 spiro atoms. The molecule has 1 aliphatic carbocycles. The van der Waals surface area contributed by atoms with Crippen molar-refractivity contribution < 1.29 is 14.7 Å². The summed E-state index contributed by atoms with van der Waals surface area (Å²) in [5, 5.41) is 8.94. The Kier molecular flexibility index (Phi) is 3.47. The lowest BCUT2D eigenvalue weighted by Gasteiger charge is -2.26. The molecule has 0 saturated carbocycles. The first kappa shape index (κ1) is 13.2. The zero-order valence-electron chi connectivity index (χ0n) is 11.4. The summed E-state index contributed by atoms with van der Waals surface area (Å²) in [5.74, 6) is -0.670. The predicted octanol–water partition coefficient (Wildman–Crippen LogP) is 1.87. The van der Waals surface area contributed by atoms with Crippen molar-refractivity contribution in [1.82, 2.24) is 4.90 Å². The molecule has 1 heterocycles. The molecule has 1 unspecified atom stereocenters. The Morgan fingerprint density at radius 1 is 1.20 bits per heavy atom. The molecular formula is C16H19NO3. The number of nitrogens with zero attached hydrogens (tertiary/aromatic N) is 1. The highest BCUT2D eigenvalue weighted by molar-refractivity contribution is 5.81. The third-order valence-electron chi connectivity index (χ3n) is 4.47. The Morgan fingerprint density at radius 3 is 2.45 bits per heavy atom. The minimum atomic E-state index is -0.815. The van der Waals surface area contributed by atoms with Gasteiger partial charge in [-0.05, 0) is 36.8 Å². The Bertz CT molecular complexity index is 515. The first-order valence-electron chi connectivity index (χ1n) is 7.24. The zero-order chi connectivity index (χ0) is 14.1. The van der Waals surface area contributed by atoms with E-state index in [1.54, 1.807) is 0 Å². The number of carboxylic acids is 1. The van der Waals surface area contributed by atoms with Gasteiger partial charge in [0, 0.05) is 18.5 Å². The lowest BCUT2D eigenvalue weighted by Crippen LogP contribution is -2.40. The van der Waals surface area contributed by atoms with Gasteiger partial charge in [-0.25, -0.2) is 0 Å². The number of amides is 1. The number of likely N-dealkylation sites (tertiary alicyclic amines) is 1. The quantitative estimate of drug-likeness (QED) is 0.914. The van der Waals surface area contributed by atoms with Crippen molar-refractivity contribution in [3.8, 4) is 0 Å². The standard InChI is InChI=1S/C16H19NO3/c18-15(19)10-14-6-3-7-17(14)16(20)13-8-11-4-1-2-5-12(11)9-13/h1-2,4-5,13-14H,3,6-10H2,(H,18,19). The first-order valence-corrected chi connectivity index (χ1v) is 7.24.